The van der Waals surface area contributed by atoms with Gasteiger partial charge in [-0.3, -0.25) is 4.79 Å². The van der Waals surface area contributed by atoms with Crippen molar-refractivity contribution in [2.45, 2.75) is 5.92 Å². The van der Waals surface area contributed by atoms with Gasteiger partial charge in [0.1, 0.15) is 17.4 Å². The third kappa shape index (κ3) is 2.49. The Bertz CT molecular complexity index is 370. The van der Waals surface area contributed by atoms with Crippen molar-refractivity contribution in [1.82, 2.24) is 0 Å². The average molecular weight is 208 g/mol. The van der Waals surface area contributed by atoms with E-state index in [2.05, 4.69) is 6.58 Å². The van der Waals surface area contributed by atoms with Gasteiger partial charge in [0.25, 0.3) is 0 Å². The molecule has 1 rings (SSSR count). The number of carboxylic acids is 1. The Morgan fingerprint density at radius 3 is 2.60 bits per heavy atom. The molecule has 0 saturated carbocycles. The zero-order chi connectivity index (χ0) is 11.4. The molecule has 0 aliphatic heterocycles. The molecule has 15 heavy (non-hydrogen) atoms. The van der Waals surface area contributed by atoms with Crippen LogP contribution in [0, 0.1) is 0 Å². The Labute approximate surface area is 87.4 Å². The quantitative estimate of drug-likeness (QED) is 0.742. The second-order valence-electron chi connectivity index (χ2n) is 3.04. The number of aliphatic hydroxyl groups is 1. The lowest BCUT2D eigenvalue weighted by Crippen LogP contribution is -2.13. The minimum atomic E-state index is -1.14. The zero-order valence-electron chi connectivity index (χ0n) is 8.30. The zero-order valence-corrected chi connectivity index (χ0v) is 8.30. The molecule has 0 aliphatic carbocycles. The van der Waals surface area contributed by atoms with Crippen LogP contribution in [0.3, 0.4) is 0 Å². The first-order chi connectivity index (χ1) is 7.06. The Morgan fingerprint density at radius 1 is 1.47 bits per heavy atom. The molecule has 0 aromatic heterocycles. The summed E-state index contributed by atoms with van der Waals surface area (Å²) in [4.78, 5) is 10.9. The first kappa shape index (κ1) is 11.1. The standard InChI is InChI=1S/C11H12O4/c1-7(12)10(11(13)14)8-4-3-5-9(6-8)15-2/h3-6,10,12H,1H2,2H3,(H,13,14). The number of benzene rings is 1. The number of hydrogen-bond donors (Lipinski definition) is 2. The van der Waals surface area contributed by atoms with Crippen LogP contribution in [0.25, 0.3) is 0 Å². The summed E-state index contributed by atoms with van der Waals surface area (Å²) in [6.45, 7) is 3.24. The van der Waals surface area contributed by atoms with Crippen LogP contribution < -0.4 is 4.74 Å². The van der Waals surface area contributed by atoms with E-state index in [0.29, 0.717) is 11.3 Å². The molecule has 1 atom stereocenters. The Kier molecular flexibility index (Phi) is 3.33. The van der Waals surface area contributed by atoms with E-state index >= 15 is 0 Å². The number of methoxy groups -OCH3 is 1. The highest BCUT2D eigenvalue weighted by Crippen LogP contribution is 2.25. The lowest BCUT2D eigenvalue weighted by atomic mass is 9.98. The molecule has 4 heteroatoms. The fourth-order valence-electron chi connectivity index (χ4n) is 1.30. The fourth-order valence-corrected chi connectivity index (χ4v) is 1.30. The van der Waals surface area contributed by atoms with Crippen LogP contribution in [0.2, 0.25) is 0 Å². The summed E-state index contributed by atoms with van der Waals surface area (Å²) in [5.41, 5.74) is 0.439. The number of carboxylic acid groups (broad SMARTS) is 1. The maximum absolute atomic E-state index is 10.9. The van der Waals surface area contributed by atoms with Gasteiger partial charge in [-0.25, -0.2) is 0 Å². The van der Waals surface area contributed by atoms with E-state index in [9.17, 15) is 9.90 Å². The summed E-state index contributed by atoms with van der Waals surface area (Å²) in [7, 11) is 1.49. The highest BCUT2D eigenvalue weighted by Gasteiger charge is 2.23. The molecular weight excluding hydrogens is 196 g/mol. The first-order valence-corrected chi connectivity index (χ1v) is 4.30. The molecule has 1 aromatic carbocycles. The van der Waals surface area contributed by atoms with Crippen LogP contribution in [0.5, 0.6) is 5.75 Å². The van der Waals surface area contributed by atoms with Crippen molar-refractivity contribution in [3.05, 3.63) is 42.2 Å². The predicted octanol–water partition coefficient (Wildman–Crippen LogP) is 1.94. The molecule has 0 radical (unpaired) electrons. The van der Waals surface area contributed by atoms with E-state index in [0.717, 1.165) is 0 Å². The Balaban J connectivity index is 3.11. The lowest BCUT2D eigenvalue weighted by Gasteiger charge is -2.11. The maximum atomic E-state index is 10.9. The van der Waals surface area contributed by atoms with E-state index in [4.69, 9.17) is 9.84 Å². The second kappa shape index (κ2) is 4.50. The van der Waals surface area contributed by atoms with Crippen LogP contribution >= 0.6 is 0 Å². The van der Waals surface area contributed by atoms with Crippen LogP contribution in [0.4, 0.5) is 0 Å². The van der Waals surface area contributed by atoms with Gasteiger partial charge >= 0.3 is 5.97 Å². The molecule has 80 valence electrons. The van der Waals surface area contributed by atoms with Gasteiger partial charge in [-0.1, -0.05) is 18.7 Å². The lowest BCUT2D eigenvalue weighted by molar-refractivity contribution is -0.138. The summed E-state index contributed by atoms with van der Waals surface area (Å²) in [5.74, 6) is -2.10. The third-order valence-corrected chi connectivity index (χ3v) is 2.01. The van der Waals surface area contributed by atoms with Gasteiger partial charge in [0, 0.05) is 0 Å². The SMILES string of the molecule is C=C(O)C(C(=O)O)c1cccc(OC)c1. The van der Waals surface area contributed by atoms with Crippen LogP contribution in [-0.2, 0) is 4.79 Å². The monoisotopic (exact) mass is 208 g/mol. The van der Waals surface area contributed by atoms with Gasteiger partial charge in [0.2, 0.25) is 0 Å². The molecule has 1 unspecified atom stereocenters. The van der Waals surface area contributed by atoms with Crippen LogP contribution in [0.15, 0.2) is 36.6 Å². The largest absolute Gasteiger partial charge is 0.512 e. The molecule has 0 bridgehead atoms. The van der Waals surface area contributed by atoms with Gasteiger partial charge in [0.05, 0.1) is 7.11 Å². The average Bonchev–Trinajstić information content (AvgIpc) is 2.17. The summed E-state index contributed by atoms with van der Waals surface area (Å²) in [6.07, 6.45) is 0. The fraction of sp³-hybridized carbons (Fsp3) is 0.182. The summed E-state index contributed by atoms with van der Waals surface area (Å²) in [5, 5.41) is 18.1. The molecule has 2 N–H and O–H groups in total. The van der Waals surface area contributed by atoms with Crippen molar-refractivity contribution in [1.29, 1.82) is 0 Å². The molecule has 0 heterocycles. The molecule has 0 amide bonds. The van der Waals surface area contributed by atoms with Crippen molar-refractivity contribution in [2.75, 3.05) is 7.11 Å². The molecule has 0 saturated heterocycles. The van der Waals surface area contributed by atoms with Crippen molar-refractivity contribution in [3.8, 4) is 5.75 Å². The van der Waals surface area contributed by atoms with Gasteiger partial charge < -0.3 is 14.9 Å². The predicted molar refractivity (Wildman–Crippen MR) is 55.1 cm³/mol. The number of carbonyl (C=O) groups is 1. The molecule has 0 aliphatic rings. The van der Waals surface area contributed by atoms with Gasteiger partial charge in [-0.2, -0.15) is 0 Å². The Morgan fingerprint density at radius 2 is 2.13 bits per heavy atom. The van der Waals surface area contributed by atoms with E-state index in [1.54, 1.807) is 24.3 Å². The molecule has 0 spiro atoms. The van der Waals surface area contributed by atoms with E-state index in [-0.39, 0.29) is 0 Å². The number of hydrogen-bond acceptors (Lipinski definition) is 3. The van der Waals surface area contributed by atoms with Crippen LogP contribution in [0.1, 0.15) is 11.5 Å². The summed E-state index contributed by atoms with van der Waals surface area (Å²) < 4.78 is 4.96. The number of ether oxygens (including phenoxy) is 1. The van der Waals surface area contributed by atoms with Crippen molar-refractivity contribution in [2.24, 2.45) is 0 Å². The van der Waals surface area contributed by atoms with Gasteiger partial charge in [-0.15, -0.1) is 0 Å². The van der Waals surface area contributed by atoms with Crippen LogP contribution in [-0.4, -0.2) is 23.3 Å². The van der Waals surface area contributed by atoms with E-state index < -0.39 is 17.6 Å². The highest BCUT2D eigenvalue weighted by molar-refractivity contribution is 5.79. The number of aliphatic hydroxyl groups excluding tert-OH is 1. The summed E-state index contributed by atoms with van der Waals surface area (Å²) in [6, 6.07) is 6.51. The topological polar surface area (TPSA) is 66.8 Å². The Hall–Kier alpha value is -1.97. The maximum Gasteiger partial charge on any atom is 0.318 e. The summed E-state index contributed by atoms with van der Waals surface area (Å²) >= 11 is 0. The molecular formula is C11H12O4. The van der Waals surface area contributed by atoms with Gasteiger partial charge in [0.15, 0.2) is 0 Å². The molecule has 1 aromatic rings. The van der Waals surface area contributed by atoms with Crippen molar-refractivity contribution < 1.29 is 19.7 Å². The molecule has 4 nitrogen and oxygen atoms in total. The van der Waals surface area contributed by atoms with Crippen molar-refractivity contribution in [3.63, 3.8) is 0 Å². The van der Waals surface area contributed by atoms with E-state index in [1.807, 2.05) is 0 Å². The number of aliphatic carboxylic acids is 1. The first-order valence-electron chi connectivity index (χ1n) is 4.30. The molecule has 0 fully saturated rings. The second-order valence-corrected chi connectivity index (χ2v) is 3.04. The number of rotatable bonds is 4. The van der Waals surface area contributed by atoms with Crippen molar-refractivity contribution >= 4 is 5.97 Å². The third-order valence-electron chi connectivity index (χ3n) is 2.01. The highest BCUT2D eigenvalue weighted by atomic mass is 16.5. The van der Waals surface area contributed by atoms with E-state index in [1.165, 1.54) is 7.11 Å². The van der Waals surface area contributed by atoms with Gasteiger partial charge in [-0.05, 0) is 17.7 Å². The normalized spacial score (nSPS) is 11.8. The smallest absolute Gasteiger partial charge is 0.318 e. The minimum Gasteiger partial charge on any atom is -0.512 e. The minimum absolute atomic E-state index is 0.393.